The largest absolute Gasteiger partial charge is 0.348 e. The molecule has 0 bridgehead atoms. The molecule has 1 amide bonds. The lowest BCUT2D eigenvalue weighted by Gasteiger charge is -2.09. The number of nitrogens with one attached hydrogen (secondary N) is 1. The van der Waals surface area contributed by atoms with E-state index in [1.54, 1.807) is 43.3 Å². The summed E-state index contributed by atoms with van der Waals surface area (Å²) in [5, 5.41) is 6.98. The Balaban J connectivity index is 1.74. The van der Waals surface area contributed by atoms with Crippen LogP contribution in [0.2, 0.25) is 0 Å². The Morgan fingerprint density at radius 1 is 1.07 bits per heavy atom. The van der Waals surface area contributed by atoms with Crippen molar-refractivity contribution in [2.75, 3.05) is 0 Å². The zero-order valence-corrected chi connectivity index (χ0v) is 14.9. The third kappa shape index (κ3) is 3.22. The Morgan fingerprint density at radius 3 is 2.54 bits per heavy atom. The predicted octanol–water partition coefficient (Wildman–Crippen LogP) is 4.41. The zero-order chi connectivity index (χ0) is 19.7. The number of aromatic nitrogens is 2. The molecule has 0 fully saturated rings. The van der Waals surface area contributed by atoms with Crippen molar-refractivity contribution < 1.29 is 18.1 Å². The van der Waals surface area contributed by atoms with Crippen LogP contribution in [0, 0.1) is 18.6 Å². The van der Waals surface area contributed by atoms with Gasteiger partial charge < -0.3 is 9.84 Å². The molecule has 1 N–H and O–H groups in total. The summed E-state index contributed by atoms with van der Waals surface area (Å²) in [6.07, 6.45) is 0. The van der Waals surface area contributed by atoms with E-state index >= 15 is 0 Å². The maximum atomic E-state index is 14.2. The summed E-state index contributed by atoms with van der Waals surface area (Å²) in [6.45, 7) is 1.69. The maximum Gasteiger partial charge on any atom is 0.259 e. The van der Waals surface area contributed by atoms with E-state index in [4.69, 9.17) is 4.52 Å². The van der Waals surface area contributed by atoms with Crippen molar-refractivity contribution in [2.24, 2.45) is 0 Å². The van der Waals surface area contributed by atoms with Crippen LogP contribution in [0.25, 0.3) is 22.4 Å². The number of hydrogen-bond acceptors (Lipinski definition) is 4. The first-order valence-corrected chi connectivity index (χ1v) is 8.58. The van der Waals surface area contributed by atoms with E-state index in [1.807, 2.05) is 0 Å². The van der Waals surface area contributed by atoms with Crippen LogP contribution in [0.5, 0.6) is 0 Å². The van der Waals surface area contributed by atoms with Crippen LogP contribution in [-0.2, 0) is 6.54 Å². The Hall–Kier alpha value is -3.61. The van der Waals surface area contributed by atoms with E-state index in [2.05, 4.69) is 15.5 Å². The summed E-state index contributed by atoms with van der Waals surface area (Å²) in [7, 11) is 0. The van der Waals surface area contributed by atoms with Crippen LogP contribution >= 0.6 is 0 Å². The van der Waals surface area contributed by atoms with Gasteiger partial charge in [-0.25, -0.2) is 13.8 Å². The highest BCUT2D eigenvalue weighted by Gasteiger charge is 2.20. The first-order chi connectivity index (χ1) is 13.5. The average molecular weight is 379 g/mol. The molecule has 7 heteroatoms. The number of halogens is 2. The molecule has 0 aliphatic carbocycles. The summed E-state index contributed by atoms with van der Waals surface area (Å²) in [5.41, 5.74) is 1.70. The molecule has 0 aliphatic rings. The maximum absolute atomic E-state index is 14.2. The van der Waals surface area contributed by atoms with Gasteiger partial charge in [0.25, 0.3) is 11.6 Å². The summed E-state index contributed by atoms with van der Waals surface area (Å²) in [5.74, 6) is -1.33. The molecular weight excluding hydrogens is 364 g/mol. The number of amides is 1. The first-order valence-electron chi connectivity index (χ1n) is 8.58. The van der Waals surface area contributed by atoms with E-state index < -0.39 is 17.5 Å². The number of rotatable bonds is 4. The Kier molecular flexibility index (Phi) is 4.57. The van der Waals surface area contributed by atoms with Crippen molar-refractivity contribution in [3.8, 4) is 11.3 Å². The van der Waals surface area contributed by atoms with Crippen LogP contribution in [0.1, 0.15) is 21.6 Å². The van der Waals surface area contributed by atoms with E-state index in [0.29, 0.717) is 16.6 Å². The lowest BCUT2D eigenvalue weighted by atomic mass is 10.0. The van der Waals surface area contributed by atoms with Crippen molar-refractivity contribution in [3.05, 3.63) is 83.1 Å². The highest BCUT2D eigenvalue weighted by molar-refractivity contribution is 6.07. The number of pyridine rings is 1. The highest BCUT2D eigenvalue weighted by atomic mass is 19.1. The van der Waals surface area contributed by atoms with Crippen molar-refractivity contribution >= 4 is 17.0 Å². The van der Waals surface area contributed by atoms with Gasteiger partial charge in [0.15, 0.2) is 0 Å². The van der Waals surface area contributed by atoms with Crippen LogP contribution in [0.15, 0.2) is 59.1 Å². The van der Waals surface area contributed by atoms with Crippen molar-refractivity contribution in [1.29, 1.82) is 0 Å². The van der Waals surface area contributed by atoms with E-state index in [0.717, 1.165) is 0 Å². The van der Waals surface area contributed by atoms with Gasteiger partial charge in [-0.3, -0.25) is 4.79 Å². The van der Waals surface area contributed by atoms with Gasteiger partial charge in [0.2, 0.25) is 0 Å². The number of fused-ring (bicyclic) bond motifs is 1. The second-order valence-electron chi connectivity index (χ2n) is 6.26. The van der Waals surface area contributed by atoms with Gasteiger partial charge in [-0.2, -0.15) is 0 Å². The summed E-state index contributed by atoms with van der Waals surface area (Å²) in [4.78, 5) is 17.1. The number of carbonyl (C=O) groups excluding carboxylic acids is 1. The number of nitrogens with zero attached hydrogens (tertiary/aromatic N) is 2. The molecule has 0 radical (unpaired) electrons. The van der Waals surface area contributed by atoms with Gasteiger partial charge in [-0.05, 0) is 31.2 Å². The molecule has 0 saturated heterocycles. The first kappa shape index (κ1) is 17.8. The highest BCUT2D eigenvalue weighted by Crippen LogP contribution is 2.28. The lowest BCUT2D eigenvalue weighted by Crippen LogP contribution is -2.23. The van der Waals surface area contributed by atoms with Crippen LogP contribution < -0.4 is 5.32 Å². The lowest BCUT2D eigenvalue weighted by molar-refractivity contribution is 0.0952. The Labute approximate surface area is 159 Å². The van der Waals surface area contributed by atoms with Crippen LogP contribution in [0.4, 0.5) is 8.78 Å². The van der Waals surface area contributed by atoms with E-state index in [1.165, 1.54) is 18.2 Å². The molecule has 4 aromatic rings. The van der Waals surface area contributed by atoms with Gasteiger partial charge in [-0.1, -0.05) is 35.5 Å². The second-order valence-corrected chi connectivity index (χ2v) is 6.26. The predicted molar refractivity (Wildman–Crippen MR) is 99.5 cm³/mol. The minimum atomic E-state index is -0.469. The van der Waals surface area contributed by atoms with Gasteiger partial charge >= 0.3 is 0 Å². The minimum absolute atomic E-state index is 0.00861. The molecule has 2 heterocycles. The van der Waals surface area contributed by atoms with Crippen molar-refractivity contribution in [1.82, 2.24) is 15.5 Å². The molecular formula is C21H15F2N3O2. The molecule has 28 heavy (non-hydrogen) atoms. The standard InChI is InChI=1S/C21H15F2N3O2/c1-12-19-15(20(27)24-11-13-6-2-4-8-16(13)22)10-18(25-21(19)28-26-12)14-7-3-5-9-17(14)23/h2-10H,11H2,1H3,(H,24,27). The van der Waals surface area contributed by atoms with Crippen LogP contribution in [0.3, 0.4) is 0 Å². The molecule has 5 nitrogen and oxygen atoms in total. The third-order valence-electron chi connectivity index (χ3n) is 4.41. The Bertz CT molecular complexity index is 1190. The van der Waals surface area contributed by atoms with E-state index in [9.17, 15) is 13.6 Å². The normalized spacial score (nSPS) is 11.0. The Morgan fingerprint density at radius 2 is 1.79 bits per heavy atom. The fourth-order valence-corrected chi connectivity index (χ4v) is 2.99. The molecule has 2 aromatic carbocycles. The zero-order valence-electron chi connectivity index (χ0n) is 14.9. The van der Waals surface area contributed by atoms with Crippen LogP contribution in [-0.4, -0.2) is 16.0 Å². The molecule has 0 atom stereocenters. The monoisotopic (exact) mass is 379 g/mol. The smallest absolute Gasteiger partial charge is 0.259 e. The van der Waals surface area contributed by atoms with Gasteiger partial charge in [0.05, 0.1) is 22.3 Å². The number of aryl methyl sites for hydroxylation is 1. The fourth-order valence-electron chi connectivity index (χ4n) is 2.99. The molecule has 140 valence electrons. The molecule has 0 spiro atoms. The SMILES string of the molecule is Cc1noc2nc(-c3ccccc3F)cc(C(=O)NCc3ccccc3F)c12. The third-order valence-corrected chi connectivity index (χ3v) is 4.41. The minimum Gasteiger partial charge on any atom is -0.348 e. The molecule has 0 aliphatic heterocycles. The van der Waals surface area contributed by atoms with Crippen molar-refractivity contribution in [2.45, 2.75) is 13.5 Å². The topological polar surface area (TPSA) is 68.0 Å². The van der Waals surface area contributed by atoms with E-state index in [-0.39, 0.29) is 29.1 Å². The number of benzene rings is 2. The second kappa shape index (κ2) is 7.19. The number of hydrogen-bond donors (Lipinski definition) is 1. The molecule has 0 saturated carbocycles. The molecule has 0 unspecified atom stereocenters. The van der Waals surface area contributed by atoms with Crippen molar-refractivity contribution in [3.63, 3.8) is 0 Å². The average Bonchev–Trinajstić information content (AvgIpc) is 3.08. The summed E-state index contributed by atoms with van der Waals surface area (Å²) < 4.78 is 33.2. The molecule has 4 rings (SSSR count). The van der Waals surface area contributed by atoms with Gasteiger partial charge in [0.1, 0.15) is 11.6 Å². The quantitative estimate of drug-likeness (QED) is 0.570. The van der Waals surface area contributed by atoms with Gasteiger partial charge in [0, 0.05) is 17.7 Å². The number of carbonyl (C=O) groups is 1. The summed E-state index contributed by atoms with van der Waals surface area (Å²) >= 11 is 0. The fraction of sp³-hybridized carbons (Fsp3) is 0.0952. The van der Waals surface area contributed by atoms with Gasteiger partial charge in [-0.15, -0.1) is 0 Å². The molecule has 2 aromatic heterocycles. The summed E-state index contributed by atoms with van der Waals surface area (Å²) in [6, 6.07) is 13.8.